The number of hydrogen-bond donors (Lipinski definition) is 2. The van der Waals surface area contributed by atoms with Gasteiger partial charge < -0.3 is 10.6 Å². The van der Waals surface area contributed by atoms with Gasteiger partial charge in [-0.3, -0.25) is 4.79 Å². The summed E-state index contributed by atoms with van der Waals surface area (Å²) < 4.78 is 0. The van der Waals surface area contributed by atoms with Crippen molar-refractivity contribution in [2.45, 2.75) is 38.6 Å². The fourth-order valence-corrected chi connectivity index (χ4v) is 2.03. The van der Waals surface area contributed by atoms with Gasteiger partial charge >= 0.3 is 0 Å². The van der Waals surface area contributed by atoms with Crippen LogP contribution in [0.3, 0.4) is 0 Å². The zero-order valence-corrected chi connectivity index (χ0v) is 10.1. The second-order valence-corrected chi connectivity index (χ2v) is 4.47. The molecule has 0 spiro atoms. The minimum atomic E-state index is 0.0916. The van der Waals surface area contributed by atoms with E-state index in [4.69, 9.17) is 0 Å². The van der Waals surface area contributed by atoms with Crippen molar-refractivity contribution in [3.63, 3.8) is 0 Å². The monoisotopic (exact) mass is 234 g/mol. The van der Waals surface area contributed by atoms with Gasteiger partial charge in [-0.05, 0) is 19.8 Å². The summed E-state index contributed by atoms with van der Waals surface area (Å²) in [5, 5.41) is 6.36. The summed E-state index contributed by atoms with van der Waals surface area (Å²) in [5.41, 5.74) is 0. The average molecular weight is 234 g/mol. The Balaban J connectivity index is 1.93. The van der Waals surface area contributed by atoms with Crippen LogP contribution in [-0.2, 0) is 4.79 Å². The Hall–Kier alpha value is -1.65. The van der Waals surface area contributed by atoms with E-state index < -0.39 is 0 Å². The van der Waals surface area contributed by atoms with Gasteiger partial charge in [-0.2, -0.15) is 0 Å². The Morgan fingerprint density at radius 3 is 2.76 bits per heavy atom. The van der Waals surface area contributed by atoms with Crippen molar-refractivity contribution < 1.29 is 4.79 Å². The third kappa shape index (κ3) is 3.69. The molecular weight excluding hydrogens is 216 g/mol. The molecule has 0 atom stereocenters. The number of nitrogens with zero attached hydrogens (tertiary/aromatic N) is 2. The largest absolute Gasteiger partial charge is 0.367 e. The van der Waals surface area contributed by atoms with Crippen LogP contribution in [-0.4, -0.2) is 28.3 Å². The lowest BCUT2D eigenvalue weighted by Crippen LogP contribution is -2.16. The van der Waals surface area contributed by atoms with Crippen molar-refractivity contribution in [1.82, 2.24) is 9.97 Å². The second kappa shape index (κ2) is 5.61. The van der Waals surface area contributed by atoms with Crippen LogP contribution >= 0.6 is 0 Å². The molecule has 0 unspecified atom stereocenters. The van der Waals surface area contributed by atoms with E-state index in [1.807, 2.05) is 6.07 Å². The number of nitrogens with one attached hydrogen (secondary N) is 2. The molecule has 5 nitrogen and oxygen atoms in total. The van der Waals surface area contributed by atoms with E-state index in [1.54, 1.807) is 6.92 Å². The predicted octanol–water partition coefficient (Wildman–Crippen LogP) is 1.83. The Morgan fingerprint density at radius 1 is 1.35 bits per heavy atom. The Morgan fingerprint density at radius 2 is 2.06 bits per heavy atom. The van der Waals surface area contributed by atoms with Gasteiger partial charge in [0.15, 0.2) is 0 Å². The fraction of sp³-hybridized carbons (Fsp3) is 0.583. The third-order valence-electron chi connectivity index (χ3n) is 2.89. The molecule has 1 saturated carbocycles. The van der Waals surface area contributed by atoms with E-state index in [0.717, 1.165) is 5.82 Å². The molecular formula is C12H18N4O. The lowest BCUT2D eigenvalue weighted by Gasteiger charge is -2.13. The Labute approximate surface area is 101 Å². The molecule has 2 rings (SSSR count). The molecule has 17 heavy (non-hydrogen) atoms. The molecule has 1 aliphatic rings. The van der Waals surface area contributed by atoms with Crippen molar-refractivity contribution in [3.8, 4) is 0 Å². The molecule has 0 aliphatic heterocycles. The molecule has 0 saturated heterocycles. The lowest BCUT2D eigenvalue weighted by molar-refractivity contribution is -0.115. The smallest absolute Gasteiger partial charge is 0.148 e. The maximum atomic E-state index is 10.9. The van der Waals surface area contributed by atoms with Crippen LogP contribution in [0.5, 0.6) is 0 Å². The zero-order valence-electron chi connectivity index (χ0n) is 10.1. The summed E-state index contributed by atoms with van der Waals surface area (Å²) in [6, 6.07) is 2.38. The third-order valence-corrected chi connectivity index (χ3v) is 2.89. The predicted molar refractivity (Wildman–Crippen MR) is 67.1 cm³/mol. The first-order valence-electron chi connectivity index (χ1n) is 6.06. The second-order valence-electron chi connectivity index (χ2n) is 4.47. The molecule has 92 valence electrons. The van der Waals surface area contributed by atoms with Crippen molar-refractivity contribution in [3.05, 3.63) is 12.4 Å². The number of carbonyl (C=O) groups excluding carboxylic acids is 1. The van der Waals surface area contributed by atoms with Gasteiger partial charge in [0.2, 0.25) is 0 Å². The zero-order chi connectivity index (χ0) is 12.1. The number of rotatable bonds is 5. The molecule has 1 aromatic rings. The molecule has 1 aromatic heterocycles. The molecule has 0 radical (unpaired) electrons. The molecule has 5 heteroatoms. The topological polar surface area (TPSA) is 66.9 Å². The number of Topliss-reactive ketones (excluding diaryl/α,β-unsaturated/α-hetero) is 1. The molecule has 1 fully saturated rings. The SMILES string of the molecule is CC(=O)CNc1cc(NC2CCCC2)ncn1. The number of carbonyl (C=O) groups is 1. The Kier molecular flexibility index (Phi) is 3.90. The maximum absolute atomic E-state index is 10.9. The first-order valence-corrected chi connectivity index (χ1v) is 6.06. The summed E-state index contributed by atoms with van der Waals surface area (Å²) >= 11 is 0. The van der Waals surface area contributed by atoms with Crippen molar-refractivity contribution in [2.24, 2.45) is 0 Å². The van der Waals surface area contributed by atoms with Crippen LogP contribution in [0.15, 0.2) is 12.4 Å². The number of ketones is 1. The maximum Gasteiger partial charge on any atom is 0.148 e. The normalized spacial score (nSPS) is 15.8. The van der Waals surface area contributed by atoms with Crippen LogP contribution in [0, 0.1) is 0 Å². The van der Waals surface area contributed by atoms with Crippen molar-refractivity contribution in [1.29, 1.82) is 0 Å². The van der Waals surface area contributed by atoms with E-state index >= 15 is 0 Å². The van der Waals surface area contributed by atoms with Gasteiger partial charge in [0.25, 0.3) is 0 Å². The molecule has 1 aliphatic carbocycles. The van der Waals surface area contributed by atoms with Crippen LogP contribution < -0.4 is 10.6 Å². The van der Waals surface area contributed by atoms with E-state index in [9.17, 15) is 4.79 Å². The molecule has 0 aromatic carbocycles. The highest BCUT2D eigenvalue weighted by Gasteiger charge is 2.14. The average Bonchev–Trinajstić information content (AvgIpc) is 2.80. The molecule has 2 N–H and O–H groups in total. The number of anilines is 2. The van der Waals surface area contributed by atoms with Gasteiger partial charge in [0.1, 0.15) is 23.7 Å². The summed E-state index contributed by atoms with van der Waals surface area (Å²) in [4.78, 5) is 19.1. The van der Waals surface area contributed by atoms with Crippen LogP contribution in [0.25, 0.3) is 0 Å². The molecule has 0 amide bonds. The van der Waals surface area contributed by atoms with E-state index in [0.29, 0.717) is 18.4 Å². The summed E-state index contributed by atoms with van der Waals surface area (Å²) in [5.74, 6) is 1.61. The van der Waals surface area contributed by atoms with Gasteiger partial charge in [0.05, 0.1) is 6.54 Å². The fourth-order valence-electron chi connectivity index (χ4n) is 2.03. The first-order chi connectivity index (χ1) is 8.24. The van der Waals surface area contributed by atoms with Crippen molar-refractivity contribution in [2.75, 3.05) is 17.2 Å². The van der Waals surface area contributed by atoms with Crippen LogP contribution in [0.4, 0.5) is 11.6 Å². The Bertz CT molecular complexity index is 388. The lowest BCUT2D eigenvalue weighted by atomic mass is 10.2. The minimum absolute atomic E-state index is 0.0916. The number of aromatic nitrogens is 2. The van der Waals surface area contributed by atoms with Gasteiger partial charge in [-0.1, -0.05) is 12.8 Å². The van der Waals surface area contributed by atoms with E-state index in [-0.39, 0.29) is 5.78 Å². The highest BCUT2D eigenvalue weighted by Crippen LogP contribution is 2.21. The van der Waals surface area contributed by atoms with Gasteiger partial charge in [-0.25, -0.2) is 9.97 Å². The summed E-state index contributed by atoms with van der Waals surface area (Å²) in [6.07, 6.45) is 6.51. The minimum Gasteiger partial charge on any atom is -0.367 e. The van der Waals surface area contributed by atoms with E-state index in [2.05, 4.69) is 20.6 Å². The van der Waals surface area contributed by atoms with Crippen LogP contribution in [0.1, 0.15) is 32.6 Å². The van der Waals surface area contributed by atoms with E-state index in [1.165, 1.54) is 32.0 Å². The first kappa shape index (κ1) is 11.8. The van der Waals surface area contributed by atoms with Crippen LogP contribution in [0.2, 0.25) is 0 Å². The standard InChI is InChI=1S/C12H18N4O/c1-9(17)7-13-11-6-12(15-8-14-11)16-10-4-2-3-5-10/h6,8,10H,2-5,7H2,1H3,(H2,13,14,15,16). The highest BCUT2D eigenvalue weighted by molar-refractivity contribution is 5.80. The quantitative estimate of drug-likeness (QED) is 0.813. The summed E-state index contributed by atoms with van der Waals surface area (Å²) in [7, 11) is 0. The van der Waals surface area contributed by atoms with Crippen molar-refractivity contribution >= 4 is 17.4 Å². The summed E-state index contributed by atoms with van der Waals surface area (Å²) in [6.45, 7) is 1.85. The molecule has 0 bridgehead atoms. The molecule has 1 heterocycles. The number of hydrogen-bond acceptors (Lipinski definition) is 5. The van der Waals surface area contributed by atoms with Gasteiger partial charge in [0, 0.05) is 12.1 Å². The highest BCUT2D eigenvalue weighted by atomic mass is 16.1. The van der Waals surface area contributed by atoms with Gasteiger partial charge in [-0.15, -0.1) is 0 Å².